The molecule has 1 unspecified atom stereocenters. The van der Waals surface area contributed by atoms with Gasteiger partial charge in [0, 0.05) is 52.9 Å². The van der Waals surface area contributed by atoms with E-state index in [0.717, 1.165) is 32.0 Å². The van der Waals surface area contributed by atoms with Crippen molar-refractivity contribution >= 4 is 29.9 Å². The highest BCUT2D eigenvalue weighted by Gasteiger charge is 2.16. The lowest BCUT2D eigenvalue weighted by molar-refractivity contribution is 0.139. The van der Waals surface area contributed by atoms with Crippen LogP contribution in [0.25, 0.3) is 0 Å². The topological polar surface area (TPSA) is 42.9 Å². The van der Waals surface area contributed by atoms with E-state index < -0.39 is 0 Å². The first-order chi connectivity index (χ1) is 11.7. The molecule has 2 rings (SSSR count). The number of hydrogen-bond donors (Lipinski definition) is 2. The highest BCUT2D eigenvalue weighted by Crippen LogP contribution is 2.04. The molecule has 0 radical (unpaired) electrons. The third-order valence-corrected chi connectivity index (χ3v) is 4.56. The van der Waals surface area contributed by atoms with E-state index in [1.54, 1.807) is 0 Å². The summed E-state index contributed by atoms with van der Waals surface area (Å²) in [5.41, 5.74) is 1.35. The van der Waals surface area contributed by atoms with E-state index in [9.17, 15) is 0 Å². The van der Waals surface area contributed by atoms with Crippen LogP contribution in [0.5, 0.6) is 0 Å². The SMILES string of the molecule is CN=C(NCCc1ccccc1)NCC(C)CN1CCN(C)CC1.I. The van der Waals surface area contributed by atoms with Crippen LogP contribution in [0.4, 0.5) is 0 Å². The Kier molecular flexibility index (Phi) is 11.1. The van der Waals surface area contributed by atoms with Crippen molar-refractivity contribution in [2.45, 2.75) is 13.3 Å². The van der Waals surface area contributed by atoms with Gasteiger partial charge < -0.3 is 20.4 Å². The summed E-state index contributed by atoms with van der Waals surface area (Å²) in [4.78, 5) is 9.29. The first kappa shape index (κ1) is 22.2. The molecule has 0 aromatic heterocycles. The molecular formula is C19H34IN5. The van der Waals surface area contributed by atoms with Gasteiger partial charge in [0.05, 0.1) is 0 Å². The lowest BCUT2D eigenvalue weighted by atomic mass is 10.1. The number of piperazine rings is 1. The Morgan fingerprint density at radius 2 is 1.80 bits per heavy atom. The van der Waals surface area contributed by atoms with Crippen LogP contribution in [-0.4, -0.2) is 75.7 Å². The quantitative estimate of drug-likeness (QED) is 0.372. The summed E-state index contributed by atoms with van der Waals surface area (Å²) in [5, 5.41) is 6.86. The molecule has 0 amide bonds. The van der Waals surface area contributed by atoms with Crippen molar-refractivity contribution in [3.63, 3.8) is 0 Å². The van der Waals surface area contributed by atoms with Crippen LogP contribution in [0, 0.1) is 5.92 Å². The van der Waals surface area contributed by atoms with Gasteiger partial charge in [0.25, 0.3) is 0 Å². The van der Waals surface area contributed by atoms with E-state index in [1.807, 2.05) is 7.05 Å². The van der Waals surface area contributed by atoms with E-state index in [1.165, 1.54) is 31.7 Å². The van der Waals surface area contributed by atoms with Gasteiger partial charge in [-0.05, 0) is 24.9 Å². The molecule has 142 valence electrons. The standard InChI is InChI=1S/C19H33N5.HI/c1-17(16-24-13-11-23(3)12-14-24)15-22-19(20-2)21-10-9-18-7-5-4-6-8-18;/h4-8,17H,9-16H2,1-3H3,(H2,20,21,22);1H. The Balaban J connectivity index is 0.00000312. The number of nitrogens with one attached hydrogen (secondary N) is 2. The van der Waals surface area contributed by atoms with Gasteiger partial charge in [-0.15, -0.1) is 24.0 Å². The van der Waals surface area contributed by atoms with Crippen LogP contribution in [0.1, 0.15) is 12.5 Å². The fourth-order valence-corrected chi connectivity index (χ4v) is 3.00. The van der Waals surface area contributed by atoms with Crippen molar-refractivity contribution in [1.29, 1.82) is 0 Å². The Morgan fingerprint density at radius 3 is 2.44 bits per heavy atom. The first-order valence-corrected chi connectivity index (χ1v) is 9.06. The Bertz CT molecular complexity index is 486. The van der Waals surface area contributed by atoms with E-state index in [-0.39, 0.29) is 24.0 Å². The minimum Gasteiger partial charge on any atom is -0.356 e. The number of benzene rings is 1. The van der Waals surface area contributed by atoms with Gasteiger partial charge in [0.2, 0.25) is 0 Å². The highest BCUT2D eigenvalue weighted by atomic mass is 127. The average molecular weight is 459 g/mol. The molecule has 0 bridgehead atoms. The van der Waals surface area contributed by atoms with Gasteiger partial charge in [-0.2, -0.15) is 0 Å². The van der Waals surface area contributed by atoms with Gasteiger partial charge in [-0.1, -0.05) is 37.3 Å². The number of guanidine groups is 1. The van der Waals surface area contributed by atoms with Crippen LogP contribution in [0.2, 0.25) is 0 Å². The fraction of sp³-hybridized carbons (Fsp3) is 0.632. The molecule has 5 nitrogen and oxygen atoms in total. The summed E-state index contributed by atoms with van der Waals surface area (Å²) in [5.74, 6) is 1.51. The maximum Gasteiger partial charge on any atom is 0.190 e. The molecule has 6 heteroatoms. The van der Waals surface area contributed by atoms with E-state index in [2.05, 4.69) is 69.7 Å². The van der Waals surface area contributed by atoms with Crippen LogP contribution in [0.3, 0.4) is 0 Å². The summed E-state index contributed by atoms with van der Waals surface area (Å²) in [6.45, 7) is 10.1. The summed E-state index contributed by atoms with van der Waals surface area (Å²) in [6, 6.07) is 10.6. The predicted octanol–water partition coefficient (Wildman–Crippen LogP) is 1.90. The number of aliphatic imine (C=N–C) groups is 1. The summed E-state index contributed by atoms with van der Waals surface area (Å²) in [6.07, 6.45) is 1.01. The Labute approximate surface area is 170 Å². The molecule has 2 N–H and O–H groups in total. The molecule has 25 heavy (non-hydrogen) atoms. The molecule has 1 atom stereocenters. The normalized spacial score (nSPS) is 17.6. The monoisotopic (exact) mass is 459 g/mol. The summed E-state index contributed by atoms with van der Waals surface area (Å²) in [7, 11) is 4.04. The van der Waals surface area contributed by atoms with Crippen molar-refractivity contribution in [3.05, 3.63) is 35.9 Å². The van der Waals surface area contributed by atoms with Crippen LogP contribution in [-0.2, 0) is 6.42 Å². The molecule has 1 aliphatic rings. The zero-order chi connectivity index (χ0) is 17.2. The second kappa shape index (κ2) is 12.5. The maximum absolute atomic E-state index is 4.32. The lowest BCUT2D eigenvalue weighted by Gasteiger charge is -2.34. The van der Waals surface area contributed by atoms with Gasteiger partial charge in [-0.3, -0.25) is 4.99 Å². The zero-order valence-corrected chi connectivity index (χ0v) is 18.2. The number of rotatable bonds is 7. The molecule has 1 aromatic carbocycles. The Hall–Kier alpha value is -0.860. The van der Waals surface area contributed by atoms with Crippen molar-refractivity contribution < 1.29 is 0 Å². The molecule has 0 spiro atoms. The van der Waals surface area contributed by atoms with E-state index in [4.69, 9.17) is 0 Å². The molecule has 1 aliphatic heterocycles. The van der Waals surface area contributed by atoms with Crippen molar-refractivity contribution in [1.82, 2.24) is 20.4 Å². The third-order valence-electron chi connectivity index (χ3n) is 4.56. The molecule has 0 aliphatic carbocycles. The molecule has 1 aromatic rings. The van der Waals surface area contributed by atoms with Crippen molar-refractivity contribution in [2.24, 2.45) is 10.9 Å². The van der Waals surface area contributed by atoms with Gasteiger partial charge >= 0.3 is 0 Å². The Morgan fingerprint density at radius 1 is 1.12 bits per heavy atom. The molecule has 1 heterocycles. The highest BCUT2D eigenvalue weighted by molar-refractivity contribution is 14.0. The number of nitrogens with zero attached hydrogens (tertiary/aromatic N) is 3. The minimum absolute atomic E-state index is 0. The van der Waals surface area contributed by atoms with Crippen molar-refractivity contribution in [2.75, 3.05) is 59.9 Å². The average Bonchev–Trinajstić information content (AvgIpc) is 2.61. The van der Waals surface area contributed by atoms with Crippen molar-refractivity contribution in [3.8, 4) is 0 Å². The smallest absolute Gasteiger partial charge is 0.190 e. The third kappa shape index (κ3) is 8.87. The second-order valence-electron chi connectivity index (χ2n) is 6.82. The summed E-state index contributed by atoms with van der Waals surface area (Å²) < 4.78 is 0. The molecular weight excluding hydrogens is 425 g/mol. The molecule has 1 saturated heterocycles. The molecule has 0 saturated carbocycles. The van der Waals surface area contributed by atoms with Gasteiger partial charge in [0.1, 0.15) is 0 Å². The molecule has 1 fully saturated rings. The zero-order valence-electron chi connectivity index (χ0n) is 15.9. The van der Waals surface area contributed by atoms with E-state index >= 15 is 0 Å². The minimum atomic E-state index is 0. The number of likely N-dealkylation sites (N-methyl/N-ethyl adjacent to an activating group) is 1. The number of halogens is 1. The lowest BCUT2D eigenvalue weighted by Crippen LogP contribution is -2.47. The first-order valence-electron chi connectivity index (χ1n) is 9.06. The van der Waals surface area contributed by atoms with Gasteiger partial charge in [-0.25, -0.2) is 0 Å². The maximum atomic E-state index is 4.32. The van der Waals surface area contributed by atoms with Crippen LogP contribution < -0.4 is 10.6 Å². The van der Waals surface area contributed by atoms with Crippen LogP contribution >= 0.6 is 24.0 Å². The predicted molar refractivity (Wildman–Crippen MR) is 118 cm³/mol. The largest absolute Gasteiger partial charge is 0.356 e. The van der Waals surface area contributed by atoms with Crippen LogP contribution in [0.15, 0.2) is 35.3 Å². The fourth-order valence-electron chi connectivity index (χ4n) is 3.00. The van der Waals surface area contributed by atoms with Gasteiger partial charge in [0.15, 0.2) is 5.96 Å². The summed E-state index contributed by atoms with van der Waals surface area (Å²) >= 11 is 0. The number of hydrogen-bond acceptors (Lipinski definition) is 3. The second-order valence-corrected chi connectivity index (χ2v) is 6.82. The van der Waals surface area contributed by atoms with E-state index in [0.29, 0.717) is 5.92 Å².